The fraction of sp³-hybridized carbons (Fsp3) is 0.0588. The molecule has 0 radical (unpaired) electrons. The van der Waals surface area contributed by atoms with Crippen LogP contribution >= 0.6 is 0 Å². The van der Waals surface area contributed by atoms with E-state index in [9.17, 15) is 18.0 Å². The number of hydrogen-bond donors (Lipinski definition) is 1. The predicted octanol–water partition coefficient (Wildman–Crippen LogP) is 4.32. The van der Waals surface area contributed by atoms with Gasteiger partial charge >= 0.3 is 12.1 Å². The average Bonchev–Trinajstić information content (AvgIpc) is 3.26. The van der Waals surface area contributed by atoms with Crippen LogP contribution in [0, 0.1) is 0 Å². The molecule has 3 aromatic rings. The summed E-state index contributed by atoms with van der Waals surface area (Å²) in [5, 5.41) is 3.70. The summed E-state index contributed by atoms with van der Waals surface area (Å²) in [6.45, 7) is 0. The van der Waals surface area contributed by atoms with Crippen LogP contribution in [0.25, 0.3) is 11.3 Å². The predicted molar refractivity (Wildman–Crippen MR) is 82.9 cm³/mol. The lowest BCUT2D eigenvalue weighted by atomic mass is 10.1. The fourth-order valence-electron chi connectivity index (χ4n) is 2.04. The van der Waals surface area contributed by atoms with Crippen molar-refractivity contribution in [1.29, 1.82) is 0 Å². The molecule has 5 nitrogen and oxygen atoms in total. The number of amides is 1. The van der Waals surface area contributed by atoms with Gasteiger partial charge in [0.15, 0.2) is 5.76 Å². The van der Waals surface area contributed by atoms with Crippen molar-refractivity contribution in [2.45, 2.75) is 6.18 Å². The minimum Gasteiger partial charge on any atom is -0.459 e. The van der Waals surface area contributed by atoms with Gasteiger partial charge in [-0.3, -0.25) is 4.79 Å². The van der Waals surface area contributed by atoms with Gasteiger partial charge in [-0.25, -0.2) is 5.43 Å². The maximum atomic E-state index is 12.7. The third-order valence-corrected chi connectivity index (χ3v) is 3.20. The number of carbonyl (C=O) groups is 1. The Morgan fingerprint density at radius 2 is 1.96 bits per heavy atom. The lowest BCUT2D eigenvalue weighted by Gasteiger charge is -2.07. The molecule has 8 heteroatoms. The minimum absolute atomic E-state index is 0.0984. The second kappa shape index (κ2) is 6.68. The zero-order valence-corrected chi connectivity index (χ0v) is 12.6. The van der Waals surface area contributed by atoms with E-state index in [1.165, 1.54) is 42.8 Å². The third kappa shape index (κ3) is 3.97. The molecule has 0 atom stereocenters. The molecule has 1 amide bonds. The van der Waals surface area contributed by atoms with Crippen molar-refractivity contribution in [3.8, 4) is 11.3 Å². The van der Waals surface area contributed by atoms with E-state index in [0.717, 1.165) is 12.1 Å². The Hall–Kier alpha value is -3.29. The number of benzene rings is 1. The molecule has 0 unspecified atom stereocenters. The number of rotatable bonds is 4. The second-order valence-electron chi connectivity index (χ2n) is 4.96. The molecule has 0 saturated carbocycles. The van der Waals surface area contributed by atoms with E-state index in [1.54, 1.807) is 6.07 Å². The second-order valence-corrected chi connectivity index (χ2v) is 4.96. The number of nitrogens with one attached hydrogen (secondary N) is 1. The van der Waals surface area contributed by atoms with Crippen LogP contribution in [0.1, 0.15) is 21.9 Å². The summed E-state index contributed by atoms with van der Waals surface area (Å²) in [6.07, 6.45) is -1.84. The van der Waals surface area contributed by atoms with Crippen LogP contribution in [0.15, 0.2) is 68.7 Å². The summed E-state index contributed by atoms with van der Waals surface area (Å²) in [4.78, 5) is 11.6. The molecular formula is C17H11F3N2O3. The van der Waals surface area contributed by atoms with E-state index >= 15 is 0 Å². The molecule has 0 aliphatic carbocycles. The summed E-state index contributed by atoms with van der Waals surface area (Å²) >= 11 is 0. The SMILES string of the molecule is O=C(N/N=C/c1ccc(-c2cccc(C(F)(F)F)c2)o1)c1ccco1. The quantitative estimate of drug-likeness (QED) is 0.564. The molecule has 0 saturated heterocycles. The summed E-state index contributed by atoms with van der Waals surface area (Å²) in [5.41, 5.74) is 1.76. The summed E-state index contributed by atoms with van der Waals surface area (Å²) in [6, 6.07) is 10.9. The van der Waals surface area contributed by atoms with Crippen molar-refractivity contribution < 1.29 is 26.8 Å². The van der Waals surface area contributed by atoms with Gasteiger partial charge in [0.05, 0.1) is 18.0 Å². The highest BCUT2D eigenvalue weighted by molar-refractivity contribution is 5.92. The number of hydrogen-bond acceptors (Lipinski definition) is 4. The van der Waals surface area contributed by atoms with Crippen molar-refractivity contribution in [2.75, 3.05) is 0 Å². The van der Waals surface area contributed by atoms with Gasteiger partial charge in [-0.1, -0.05) is 12.1 Å². The number of nitrogens with zero attached hydrogens (tertiary/aromatic N) is 1. The van der Waals surface area contributed by atoms with Crippen LogP contribution < -0.4 is 5.43 Å². The van der Waals surface area contributed by atoms with Crippen LogP contribution in [0.2, 0.25) is 0 Å². The van der Waals surface area contributed by atoms with Gasteiger partial charge in [0.25, 0.3) is 0 Å². The Morgan fingerprint density at radius 1 is 1.12 bits per heavy atom. The number of hydrazone groups is 1. The van der Waals surface area contributed by atoms with Gasteiger partial charge in [-0.2, -0.15) is 18.3 Å². The van der Waals surface area contributed by atoms with Crippen LogP contribution in [-0.4, -0.2) is 12.1 Å². The van der Waals surface area contributed by atoms with Crippen molar-refractivity contribution in [1.82, 2.24) is 5.43 Å². The van der Waals surface area contributed by atoms with E-state index in [2.05, 4.69) is 10.5 Å². The fourth-order valence-corrected chi connectivity index (χ4v) is 2.04. The van der Waals surface area contributed by atoms with Gasteiger partial charge in [0, 0.05) is 5.56 Å². The Balaban J connectivity index is 1.70. The highest BCUT2D eigenvalue weighted by Gasteiger charge is 2.30. The van der Waals surface area contributed by atoms with Crippen LogP contribution in [0.3, 0.4) is 0 Å². The van der Waals surface area contributed by atoms with Gasteiger partial charge in [0.2, 0.25) is 0 Å². The molecule has 25 heavy (non-hydrogen) atoms. The summed E-state index contributed by atoms with van der Waals surface area (Å²) in [5.74, 6) is 0.0872. The number of furan rings is 2. The van der Waals surface area contributed by atoms with Crippen LogP contribution in [0.4, 0.5) is 13.2 Å². The number of alkyl halides is 3. The normalized spacial score (nSPS) is 11.8. The highest BCUT2D eigenvalue weighted by Crippen LogP contribution is 2.32. The highest BCUT2D eigenvalue weighted by atomic mass is 19.4. The minimum atomic E-state index is -4.43. The molecule has 3 rings (SSSR count). The smallest absolute Gasteiger partial charge is 0.416 e. The van der Waals surface area contributed by atoms with E-state index in [1.807, 2.05) is 0 Å². The van der Waals surface area contributed by atoms with Crippen molar-refractivity contribution in [3.63, 3.8) is 0 Å². The Morgan fingerprint density at radius 3 is 2.68 bits per heavy atom. The van der Waals surface area contributed by atoms with E-state index in [4.69, 9.17) is 8.83 Å². The van der Waals surface area contributed by atoms with Gasteiger partial charge in [0.1, 0.15) is 11.5 Å². The topological polar surface area (TPSA) is 67.7 Å². The maximum absolute atomic E-state index is 12.7. The molecule has 0 fully saturated rings. The zero-order chi connectivity index (χ0) is 17.9. The molecule has 128 valence electrons. The van der Waals surface area contributed by atoms with Gasteiger partial charge in [-0.15, -0.1) is 0 Å². The van der Waals surface area contributed by atoms with Crippen molar-refractivity contribution >= 4 is 12.1 Å². The largest absolute Gasteiger partial charge is 0.459 e. The first-order valence-electron chi connectivity index (χ1n) is 7.08. The molecule has 0 aliphatic rings. The Bertz CT molecular complexity index is 896. The Kier molecular flexibility index (Phi) is 4.42. The Labute approximate surface area is 139 Å². The lowest BCUT2D eigenvalue weighted by Crippen LogP contribution is -2.16. The molecular weight excluding hydrogens is 337 g/mol. The number of carbonyl (C=O) groups excluding carboxylic acids is 1. The molecule has 1 aromatic carbocycles. The summed E-state index contributed by atoms with van der Waals surface area (Å²) < 4.78 is 48.6. The monoisotopic (exact) mass is 348 g/mol. The first kappa shape index (κ1) is 16.6. The molecule has 2 aromatic heterocycles. The lowest BCUT2D eigenvalue weighted by molar-refractivity contribution is -0.137. The first-order chi connectivity index (χ1) is 11.9. The first-order valence-corrected chi connectivity index (χ1v) is 7.08. The van der Waals surface area contributed by atoms with Crippen molar-refractivity contribution in [2.24, 2.45) is 5.10 Å². The summed E-state index contributed by atoms with van der Waals surface area (Å²) in [7, 11) is 0. The number of halogens is 3. The van der Waals surface area contributed by atoms with E-state index in [-0.39, 0.29) is 22.8 Å². The molecule has 0 aliphatic heterocycles. The van der Waals surface area contributed by atoms with Gasteiger partial charge in [-0.05, 0) is 36.4 Å². The zero-order valence-electron chi connectivity index (χ0n) is 12.6. The average molecular weight is 348 g/mol. The molecule has 2 heterocycles. The van der Waals surface area contributed by atoms with Gasteiger partial charge < -0.3 is 8.83 Å². The molecule has 0 bridgehead atoms. The van der Waals surface area contributed by atoms with Crippen molar-refractivity contribution in [3.05, 3.63) is 71.9 Å². The maximum Gasteiger partial charge on any atom is 0.416 e. The van der Waals surface area contributed by atoms with Crippen LogP contribution in [-0.2, 0) is 6.18 Å². The van der Waals surface area contributed by atoms with E-state index in [0.29, 0.717) is 0 Å². The standard InChI is InChI=1S/C17H11F3N2O3/c18-17(19,20)12-4-1-3-11(9-12)14-7-6-13(25-14)10-21-22-16(23)15-5-2-8-24-15/h1-10H,(H,22,23)/b21-10+. The third-order valence-electron chi connectivity index (χ3n) is 3.20. The molecule has 1 N–H and O–H groups in total. The molecule has 0 spiro atoms. The van der Waals surface area contributed by atoms with E-state index < -0.39 is 17.6 Å². The van der Waals surface area contributed by atoms with Crippen LogP contribution in [0.5, 0.6) is 0 Å².